The summed E-state index contributed by atoms with van der Waals surface area (Å²) in [6.45, 7) is 2.96. The standard InChI is InChI=1S/C12H13N3O3S/c1-3-18-12(17)8-9(19-2)7(6-13)11(16)15-5-4-14-10(8)15/h14H,3-5H2,1-2H3. The number of pyridine rings is 1. The molecule has 0 amide bonds. The second kappa shape index (κ2) is 5.36. The molecule has 0 atom stereocenters. The summed E-state index contributed by atoms with van der Waals surface area (Å²) >= 11 is 1.20. The van der Waals surface area contributed by atoms with Crippen LogP contribution in [0.15, 0.2) is 9.69 Å². The second-order valence-electron chi connectivity index (χ2n) is 3.85. The summed E-state index contributed by atoms with van der Waals surface area (Å²) in [7, 11) is 0. The van der Waals surface area contributed by atoms with Crippen LogP contribution in [0.3, 0.4) is 0 Å². The number of nitrogens with zero attached hydrogens (tertiary/aromatic N) is 2. The van der Waals surface area contributed by atoms with E-state index in [1.807, 2.05) is 6.07 Å². The monoisotopic (exact) mass is 279 g/mol. The van der Waals surface area contributed by atoms with Crippen molar-refractivity contribution < 1.29 is 9.53 Å². The lowest BCUT2D eigenvalue weighted by Gasteiger charge is -2.14. The number of thioether (sulfide) groups is 1. The number of carbonyl (C=O) groups excluding carboxylic acids is 1. The molecule has 0 fully saturated rings. The van der Waals surface area contributed by atoms with Gasteiger partial charge < -0.3 is 10.1 Å². The number of anilines is 1. The van der Waals surface area contributed by atoms with E-state index in [2.05, 4.69) is 5.32 Å². The zero-order chi connectivity index (χ0) is 14.0. The van der Waals surface area contributed by atoms with E-state index in [1.54, 1.807) is 13.2 Å². The summed E-state index contributed by atoms with van der Waals surface area (Å²) in [5.74, 6) is -0.0618. The highest BCUT2D eigenvalue weighted by Gasteiger charge is 2.28. The minimum Gasteiger partial charge on any atom is -0.462 e. The van der Waals surface area contributed by atoms with Gasteiger partial charge in [0.25, 0.3) is 5.56 Å². The van der Waals surface area contributed by atoms with Crippen LogP contribution < -0.4 is 10.9 Å². The fourth-order valence-electron chi connectivity index (χ4n) is 2.08. The Labute approximate surface area is 114 Å². The fraction of sp³-hybridized carbons (Fsp3) is 0.417. The predicted octanol–water partition coefficient (Wildman–Crippen LogP) is 1.04. The van der Waals surface area contributed by atoms with Gasteiger partial charge in [0.2, 0.25) is 0 Å². The average Bonchev–Trinajstić information content (AvgIpc) is 2.87. The third-order valence-electron chi connectivity index (χ3n) is 2.84. The van der Waals surface area contributed by atoms with E-state index in [1.165, 1.54) is 16.3 Å². The Hall–Kier alpha value is -1.94. The Morgan fingerprint density at radius 3 is 2.95 bits per heavy atom. The molecule has 1 aliphatic heterocycles. The molecule has 1 aromatic heterocycles. The summed E-state index contributed by atoms with van der Waals surface area (Å²) in [6, 6.07) is 1.89. The molecule has 1 aliphatic rings. The van der Waals surface area contributed by atoms with Crippen LogP contribution in [0.25, 0.3) is 0 Å². The quantitative estimate of drug-likeness (QED) is 0.657. The van der Waals surface area contributed by atoms with E-state index in [9.17, 15) is 9.59 Å². The summed E-state index contributed by atoms with van der Waals surface area (Å²) in [5.41, 5.74) is -0.0779. The molecule has 0 spiro atoms. The molecular weight excluding hydrogens is 266 g/mol. The van der Waals surface area contributed by atoms with Crippen LogP contribution >= 0.6 is 11.8 Å². The highest BCUT2D eigenvalue weighted by Crippen LogP contribution is 2.31. The predicted molar refractivity (Wildman–Crippen MR) is 71.6 cm³/mol. The molecular formula is C12H13N3O3S. The first kappa shape index (κ1) is 13.5. The van der Waals surface area contributed by atoms with Crippen LogP contribution in [0.1, 0.15) is 22.8 Å². The van der Waals surface area contributed by atoms with Gasteiger partial charge in [0.1, 0.15) is 23.0 Å². The minimum atomic E-state index is -0.513. The highest BCUT2D eigenvalue weighted by atomic mass is 32.2. The van der Waals surface area contributed by atoms with Gasteiger partial charge in [-0.1, -0.05) is 0 Å². The SMILES string of the molecule is CCOC(=O)c1c(SC)c(C#N)c(=O)n2c1NCC2. The molecule has 0 saturated heterocycles. The van der Waals surface area contributed by atoms with Gasteiger partial charge in [-0.15, -0.1) is 11.8 Å². The van der Waals surface area contributed by atoms with Crippen LogP contribution in [0.5, 0.6) is 0 Å². The molecule has 0 saturated carbocycles. The van der Waals surface area contributed by atoms with Crippen molar-refractivity contribution in [3.63, 3.8) is 0 Å². The molecule has 19 heavy (non-hydrogen) atoms. The molecule has 100 valence electrons. The van der Waals surface area contributed by atoms with Crippen molar-refractivity contribution in [3.05, 3.63) is 21.5 Å². The molecule has 0 radical (unpaired) electrons. The minimum absolute atomic E-state index is 0.00278. The molecule has 2 heterocycles. The maximum atomic E-state index is 12.1. The van der Waals surface area contributed by atoms with Gasteiger partial charge in [0.15, 0.2) is 0 Å². The smallest absolute Gasteiger partial charge is 0.343 e. The Balaban J connectivity index is 2.78. The highest BCUT2D eigenvalue weighted by molar-refractivity contribution is 7.98. The number of nitrogens with one attached hydrogen (secondary N) is 1. The number of hydrogen-bond acceptors (Lipinski definition) is 6. The van der Waals surface area contributed by atoms with E-state index in [-0.39, 0.29) is 23.3 Å². The fourth-order valence-corrected chi connectivity index (χ4v) is 2.80. The second-order valence-corrected chi connectivity index (χ2v) is 4.66. The van der Waals surface area contributed by atoms with Gasteiger partial charge in [-0.3, -0.25) is 9.36 Å². The first-order valence-corrected chi connectivity index (χ1v) is 7.04. The molecule has 0 unspecified atom stereocenters. The molecule has 2 rings (SSSR count). The summed E-state index contributed by atoms with van der Waals surface area (Å²) < 4.78 is 6.44. The van der Waals surface area contributed by atoms with E-state index in [4.69, 9.17) is 10.00 Å². The van der Waals surface area contributed by atoms with Gasteiger partial charge >= 0.3 is 5.97 Å². The number of hydrogen-bond donors (Lipinski definition) is 1. The first-order chi connectivity index (χ1) is 9.15. The molecule has 7 heteroatoms. The topological polar surface area (TPSA) is 84.1 Å². The van der Waals surface area contributed by atoms with Crippen LogP contribution in [0, 0.1) is 11.3 Å². The molecule has 1 N–H and O–H groups in total. The van der Waals surface area contributed by atoms with Crippen molar-refractivity contribution in [2.45, 2.75) is 18.4 Å². The Bertz CT molecular complexity index is 631. The van der Waals surface area contributed by atoms with Crippen molar-refractivity contribution >= 4 is 23.5 Å². The van der Waals surface area contributed by atoms with Crippen molar-refractivity contribution in [2.24, 2.45) is 0 Å². The Morgan fingerprint density at radius 2 is 2.37 bits per heavy atom. The molecule has 1 aromatic rings. The third kappa shape index (κ3) is 2.08. The maximum absolute atomic E-state index is 12.1. The lowest BCUT2D eigenvalue weighted by Crippen LogP contribution is -2.25. The lowest BCUT2D eigenvalue weighted by molar-refractivity contribution is 0.0522. The number of esters is 1. The van der Waals surface area contributed by atoms with Crippen LogP contribution in [0.4, 0.5) is 5.82 Å². The van der Waals surface area contributed by atoms with Gasteiger partial charge in [-0.25, -0.2) is 4.79 Å². The van der Waals surface area contributed by atoms with Crippen molar-refractivity contribution in [3.8, 4) is 6.07 Å². The largest absolute Gasteiger partial charge is 0.462 e. The van der Waals surface area contributed by atoms with Crippen molar-refractivity contribution in [2.75, 3.05) is 24.7 Å². The molecule has 6 nitrogen and oxygen atoms in total. The van der Waals surface area contributed by atoms with E-state index >= 15 is 0 Å². The van der Waals surface area contributed by atoms with Gasteiger partial charge in [-0.05, 0) is 13.2 Å². The number of nitriles is 1. The summed E-state index contributed by atoms with van der Waals surface area (Å²) in [5, 5.41) is 12.2. The van der Waals surface area contributed by atoms with Crippen LogP contribution in [-0.4, -0.2) is 29.9 Å². The number of ether oxygens (including phenoxy) is 1. The number of aromatic nitrogens is 1. The van der Waals surface area contributed by atoms with Gasteiger partial charge in [0.05, 0.1) is 6.61 Å². The van der Waals surface area contributed by atoms with Crippen molar-refractivity contribution in [1.82, 2.24) is 4.57 Å². The maximum Gasteiger partial charge on any atom is 0.343 e. The molecule has 0 bridgehead atoms. The summed E-state index contributed by atoms with van der Waals surface area (Å²) in [4.78, 5) is 24.6. The Kier molecular flexibility index (Phi) is 3.81. The number of rotatable bonds is 3. The van der Waals surface area contributed by atoms with E-state index in [0.717, 1.165) is 0 Å². The third-order valence-corrected chi connectivity index (χ3v) is 3.66. The van der Waals surface area contributed by atoms with E-state index in [0.29, 0.717) is 23.8 Å². The first-order valence-electron chi connectivity index (χ1n) is 5.81. The average molecular weight is 279 g/mol. The van der Waals surface area contributed by atoms with Crippen LogP contribution in [0.2, 0.25) is 0 Å². The van der Waals surface area contributed by atoms with Crippen molar-refractivity contribution in [1.29, 1.82) is 5.26 Å². The molecule has 0 aliphatic carbocycles. The normalized spacial score (nSPS) is 12.5. The molecule has 0 aromatic carbocycles. The Morgan fingerprint density at radius 1 is 1.63 bits per heavy atom. The van der Waals surface area contributed by atoms with E-state index < -0.39 is 5.97 Å². The zero-order valence-corrected chi connectivity index (χ0v) is 11.5. The van der Waals surface area contributed by atoms with Gasteiger partial charge in [-0.2, -0.15) is 5.26 Å². The summed E-state index contributed by atoms with van der Waals surface area (Å²) in [6.07, 6.45) is 1.73. The van der Waals surface area contributed by atoms with Gasteiger partial charge in [0, 0.05) is 18.0 Å². The number of fused-ring (bicyclic) bond motifs is 1. The number of carbonyl (C=O) groups is 1. The van der Waals surface area contributed by atoms with Crippen LogP contribution in [-0.2, 0) is 11.3 Å². The zero-order valence-electron chi connectivity index (χ0n) is 10.6. The lowest BCUT2D eigenvalue weighted by atomic mass is 10.2.